The number of ether oxygens (including phenoxy) is 1. The van der Waals surface area contributed by atoms with Gasteiger partial charge in [-0.1, -0.05) is 12.5 Å². The van der Waals surface area contributed by atoms with Crippen LogP contribution in [0.3, 0.4) is 0 Å². The van der Waals surface area contributed by atoms with Crippen LogP contribution in [0.4, 0.5) is 10.2 Å². The molecular formula is C26H25FN8O2. The van der Waals surface area contributed by atoms with Crippen molar-refractivity contribution >= 4 is 28.3 Å². The molecule has 2 aliphatic rings. The Labute approximate surface area is 212 Å². The van der Waals surface area contributed by atoms with E-state index in [4.69, 9.17) is 15.5 Å². The number of halogens is 1. The van der Waals surface area contributed by atoms with Crippen LogP contribution in [0.25, 0.3) is 16.6 Å². The Bertz CT molecular complexity index is 1610. The van der Waals surface area contributed by atoms with E-state index in [0.29, 0.717) is 48.2 Å². The van der Waals surface area contributed by atoms with E-state index < -0.39 is 5.82 Å². The summed E-state index contributed by atoms with van der Waals surface area (Å²) in [5, 5.41) is 4.36. The lowest BCUT2D eigenvalue weighted by Crippen LogP contribution is -2.37. The number of hydrogen-bond donors (Lipinski definition) is 1. The van der Waals surface area contributed by atoms with Gasteiger partial charge in [0.25, 0.3) is 0 Å². The molecule has 1 aliphatic carbocycles. The van der Waals surface area contributed by atoms with Gasteiger partial charge in [0.1, 0.15) is 29.2 Å². The lowest BCUT2D eigenvalue weighted by molar-refractivity contribution is -0.127. The van der Waals surface area contributed by atoms with Gasteiger partial charge in [0.15, 0.2) is 5.82 Å². The van der Waals surface area contributed by atoms with Crippen molar-refractivity contribution in [2.75, 3.05) is 26.0 Å². The average molecular weight is 501 g/mol. The summed E-state index contributed by atoms with van der Waals surface area (Å²) in [6.07, 6.45) is 7.19. The molecule has 1 unspecified atom stereocenters. The van der Waals surface area contributed by atoms with E-state index in [9.17, 15) is 9.18 Å². The van der Waals surface area contributed by atoms with E-state index in [1.165, 1.54) is 18.5 Å². The number of nitrogen functional groups attached to an aromatic ring is 1. The summed E-state index contributed by atoms with van der Waals surface area (Å²) in [6.45, 7) is 4.42. The summed E-state index contributed by atoms with van der Waals surface area (Å²) < 4.78 is 24.0. The highest BCUT2D eigenvalue weighted by molar-refractivity contribution is 5.87. The quantitative estimate of drug-likeness (QED) is 0.330. The van der Waals surface area contributed by atoms with Crippen LogP contribution in [0.1, 0.15) is 48.3 Å². The van der Waals surface area contributed by atoms with E-state index in [1.54, 1.807) is 28.9 Å². The van der Waals surface area contributed by atoms with Crippen molar-refractivity contribution < 1.29 is 13.9 Å². The minimum Gasteiger partial charge on any atom is -0.383 e. The Morgan fingerprint density at radius 1 is 1.32 bits per heavy atom. The number of carbonyl (C=O) groups is 1. The van der Waals surface area contributed by atoms with Crippen LogP contribution in [-0.2, 0) is 9.53 Å². The van der Waals surface area contributed by atoms with Gasteiger partial charge in [-0.25, -0.2) is 23.9 Å². The highest BCUT2D eigenvalue weighted by Crippen LogP contribution is 2.37. The number of carbonyl (C=O) groups excluding carboxylic acids is 1. The second-order valence-electron chi connectivity index (χ2n) is 9.41. The highest BCUT2D eigenvalue weighted by Gasteiger charge is 2.38. The van der Waals surface area contributed by atoms with E-state index >= 15 is 0 Å². The fourth-order valence-electron chi connectivity index (χ4n) is 5.08. The third-order valence-electron chi connectivity index (χ3n) is 7.00. The fourth-order valence-corrected chi connectivity index (χ4v) is 5.08. The van der Waals surface area contributed by atoms with E-state index in [1.807, 2.05) is 4.57 Å². The third-order valence-corrected chi connectivity index (χ3v) is 7.00. The lowest BCUT2D eigenvalue weighted by Gasteiger charge is -2.22. The highest BCUT2D eigenvalue weighted by atomic mass is 19.1. The number of imidazole rings is 2. The summed E-state index contributed by atoms with van der Waals surface area (Å²) in [7, 11) is 1.60. The van der Waals surface area contributed by atoms with Crippen LogP contribution in [0.5, 0.6) is 0 Å². The predicted octanol–water partition coefficient (Wildman–Crippen LogP) is 2.45. The molecule has 4 aromatic rings. The maximum absolute atomic E-state index is 15.0. The number of anilines is 1. The van der Waals surface area contributed by atoms with Crippen molar-refractivity contribution in [3.63, 3.8) is 0 Å². The molecule has 0 spiro atoms. The van der Waals surface area contributed by atoms with E-state index in [-0.39, 0.29) is 29.2 Å². The van der Waals surface area contributed by atoms with Crippen LogP contribution in [0.15, 0.2) is 37.4 Å². The van der Waals surface area contributed by atoms with Gasteiger partial charge in [0.2, 0.25) is 5.91 Å². The van der Waals surface area contributed by atoms with Crippen LogP contribution in [-0.4, -0.2) is 66.2 Å². The number of methoxy groups -OCH3 is 1. The molecule has 188 valence electrons. The largest absolute Gasteiger partial charge is 0.383 e. The summed E-state index contributed by atoms with van der Waals surface area (Å²) in [5.41, 5.74) is 8.65. The molecule has 3 aromatic heterocycles. The number of benzene rings is 1. The number of amides is 1. The first-order valence-electron chi connectivity index (χ1n) is 12.1. The number of likely N-dealkylation sites (tertiary alicyclic amines) is 1. The van der Waals surface area contributed by atoms with Crippen molar-refractivity contribution in [3.8, 4) is 11.8 Å². The van der Waals surface area contributed by atoms with Gasteiger partial charge >= 0.3 is 0 Å². The van der Waals surface area contributed by atoms with Crippen molar-refractivity contribution in [3.05, 3.63) is 60.3 Å². The summed E-state index contributed by atoms with van der Waals surface area (Å²) in [6, 6.07) is 3.41. The third kappa shape index (κ3) is 3.99. The zero-order valence-electron chi connectivity index (χ0n) is 20.3. The van der Waals surface area contributed by atoms with Gasteiger partial charge in [0.05, 0.1) is 35.6 Å². The van der Waals surface area contributed by atoms with Gasteiger partial charge in [-0.15, -0.1) is 0 Å². The molecule has 4 heterocycles. The maximum atomic E-state index is 15.0. The molecule has 1 saturated heterocycles. The molecule has 6 rings (SSSR count). The number of fused-ring (bicyclic) bond motifs is 2. The van der Waals surface area contributed by atoms with Gasteiger partial charge in [-0.3, -0.25) is 4.79 Å². The minimum absolute atomic E-state index is 0.127. The first kappa shape index (κ1) is 23.1. The molecule has 0 radical (unpaired) electrons. The zero-order valence-corrected chi connectivity index (χ0v) is 20.3. The number of rotatable bonds is 5. The monoisotopic (exact) mass is 500 g/mol. The SMILES string of the molecule is C=CC(=O)N1CC(c2nc(C#Cc3cc4ncn(C5CC5)c4cc3F)c3c(N)ncnn23)C[C@@H]1COC. The Morgan fingerprint density at radius 3 is 2.92 bits per heavy atom. The van der Waals surface area contributed by atoms with Gasteiger partial charge in [-0.05, 0) is 37.3 Å². The summed E-state index contributed by atoms with van der Waals surface area (Å²) in [4.78, 5) is 27.4. The smallest absolute Gasteiger partial charge is 0.246 e. The number of nitrogens with two attached hydrogens (primary N) is 1. The molecule has 37 heavy (non-hydrogen) atoms. The molecule has 2 N–H and O–H groups in total. The zero-order chi connectivity index (χ0) is 25.7. The second kappa shape index (κ2) is 8.97. The second-order valence-corrected chi connectivity index (χ2v) is 9.41. The van der Waals surface area contributed by atoms with E-state index in [2.05, 4.69) is 33.5 Å². The number of nitrogens with zero attached hydrogens (tertiary/aromatic N) is 7. The fraction of sp³-hybridized carbons (Fsp3) is 0.346. The van der Waals surface area contributed by atoms with Crippen LogP contribution >= 0.6 is 0 Å². The molecule has 2 atom stereocenters. The molecular weight excluding hydrogens is 475 g/mol. The summed E-state index contributed by atoms with van der Waals surface area (Å²) in [5.74, 6) is 5.97. The molecule has 0 bridgehead atoms. The number of aromatic nitrogens is 6. The summed E-state index contributed by atoms with van der Waals surface area (Å²) >= 11 is 0. The molecule has 11 heteroatoms. The predicted molar refractivity (Wildman–Crippen MR) is 134 cm³/mol. The van der Waals surface area contributed by atoms with Gasteiger partial charge < -0.3 is 19.9 Å². The first-order valence-corrected chi connectivity index (χ1v) is 12.1. The molecule has 1 aliphatic heterocycles. The van der Waals surface area contributed by atoms with Crippen molar-refractivity contribution in [2.24, 2.45) is 0 Å². The van der Waals surface area contributed by atoms with Gasteiger partial charge in [0, 0.05) is 31.7 Å². The van der Waals surface area contributed by atoms with Crippen molar-refractivity contribution in [2.45, 2.75) is 37.3 Å². The molecule has 2 fully saturated rings. The first-order chi connectivity index (χ1) is 18.0. The van der Waals surface area contributed by atoms with Crippen LogP contribution in [0, 0.1) is 17.7 Å². The molecule has 1 saturated carbocycles. The lowest BCUT2D eigenvalue weighted by atomic mass is 10.1. The Balaban J connectivity index is 1.39. The standard InChI is InChI=1S/C26H25FN8O2/c1-3-23(36)33-11-16(8-18(33)12-37-2)26-32-20(24-25(28)29-13-31-35(24)26)7-4-15-9-21-22(10-19(15)27)34(14-30-21)17-5-6-17/h3,9-10,13-14,16-18H,1,5-6,8,11-12H2,2H3,(H2,28,29,31)/t16?,18-/m1/s1. The molecule has 1 amide bonds. The normalized spacial score (nSPS) is 19.4. The maximum Gasteiger partial charge on any atom is 0.246 e. The Morgan fingerprint density at radius 2 is 2.16 bits per heavy atom. The van der Waals surface area contributed by atoms with Crippen molar-refractivity contribution in [1.82, 2.24) is 34.0 Å². The van der Waals surface area contributed by atoms with Gasteiger partial charge in [-0.2, -0.15) is 5.10 Å². The minimum atomic E-state index is -0.424. The van der Waals surface area contributed by atoms with Crippen molar-refractivity contribution in [1.29, 1.82) is 0 Å². The van der Waals surface area contributed by atoms with Crippen LogP contribution in [0.2, 0.25) is 0 Å². The topological polar surface area (TPSA) is 116 Å². The Kier molecular flexibility index (Phi) is 5.61. The molecule has 1 aromatic carbocycles. The van der Waals surface area contributed by atoms with E-state index in [0.717, 1.165) is 18.4 Å². The Hall–Kier alpha value is -4.30. The molecule has 10 nitrogen and oxygen atoms in total. The van der Waals surface area contributed by atoms with Crippen LogP contribution < -0.4 is 5.73 Å². The average Bonchev–Trinajstić information content (AvgIpc) is 3.35. The number of hydrogen-bond acceptors (Lipinski definition) is 7.